The van der Waals surface area contributed by atoms with Crippen LogP contribution in [0.3, 0.4) is 0 Å². The van der Waals surface area contributed by atoms with E-state index in [1.807, 2.05) is 55.4 Å². The molecule has 1 heterocycles. The minimum Gasteiger partial charge on any atom is -0.496 e. The Morgan fingerprint density at radius 2 is 2.04 bits per heavy atom. The Kier molecular flexibility index (Phi) is 6.01. The second-order valence-corrected chi connectivity index (χ2v) is 7.35. The van der Waals surface area contributed by atoms with Gasteiger partial charge in [-0.3, -0.25) is 4.79 Å². The molecular formula is C22H28N2O3. The van der Waals surface area contributed by atoms with E-state index in [4.69, 9.17) is 9.47 Å². The number of para-hydroxylation sites is 1. The lowest BCUT2D eigenvalue weighted by molar-refractivity contribution is -0.134. The molecule has 1 aliphatic rings. The zero-order valence-corrected chi connectivity index (χ0v) is 16.6. The monoisotopic (exact) mass is 368 g/mol. The first-order valence-electron chi connectivity index (χ1n) is 9.26. The number of methoxy groups -OCH3 is 1. The first kappa shape index (κ1) is 19.2. The average molecular weight is 368 g/mol. The van der Waals surface area contributed by atoms with Gasteiger partial charge in [0.1, 0.15) is 18.1 Å². The van der Waals surface area contributed by atoms with E-state index in [-0.39, 0.29) is 11.9 Å². The molecule has 0 aliphatic carbocycles. The van der Waals surface area contributed by atoms with Crippen molar-refractivity contribution in [1.29, 1.82) is 0 Å². The fourth-order valence-electron chi connectivity index (χ4n) is 3.54. The van der Waals surface area contributed by atoms with Gasteiger partial charge >= 0.3 is 0 Å². The van der Waals surface area contributed by atoms with Crippen molar-refractivity contribution in [2.75, 3.05) is 34.4 Å². The van der Waals surface area contributed by atoms with Crippen molar-refractivity contribution in [2.24, 2.45) is 0 Å². The van der Waals surface area contributed by atoms with E-state index in [1.165, 1.54) is 5.56 Å². The van der Waals surface area contributed by atoms with Gasteiger partial charge in [0.15, 0.2) is 0 Å². The van der Waals surface area contributed by atoms with Crippen LogP contribution in [-0.4, -0.2) is 56.1 Å². The lowest BCUT2D eigenvalue weighted by Gasteiger charge is -2.31. The standard InChI is InChI=1S/C22H28N2O3/c1-16-9-10-21-18(11-16)13-24(19(15-27-21)14-23(2)3)22(25)12-17-7-5-6-8-20(17)26-4/h5-11,19H,12-15H2,1-4H3. The van der Waals surface area contributed by atoms with Crippen LogP contribution in [0.4, 0.5) is 0 Å². The number of benzene rings is 2. The first-order valence-corrected chi connectivity index (χ1v) is 9.26. The molecule has 0 bridgehead atoms. The molecule has 5 heteroatoms. The van der Waals surface area contributed by atoms with Crippen LogP contribution in [0.1, 0.15) is 16.7 Å². The molecule has 0 spiro atoms. The molecule has 2 aromatic carbocycles. The van der Waals surface area contributed by atoms with E-state index in [0.717, 1.165) is 29.2 Å². The van der Waals surface area contributed by atoms with Crippen LogP contribution in [0, 0.1) is 6.92 Å². The summed E-state index contributed by atoms with van der Waals surface area (Å²) < 4.78 is 11.5. The molecule has 0 saturated carbocycles. The van der Waals surface area contributed by atoms with Crippen LogP contribution in [0.2, 0.25) is 0 Å². The maximum Gasteiger partial charge on any atom is 0.227 e. The van der Waals surface area contributed by atoms with Gasteiger partial charge in [-0.25, -0.2) is 0 Å². The Morgan fingerprint density at radius 1 is 1.26 bits per heavy atom. The summed E-state index contributed by atoms with van der Waals surface area (Å²) in [5.41, 5.74) is 3.13. The summed E-state index contributed by atoms with van der Waals surface area (Å²) in [7, 11) is 5.67. The number of hydrogen-bond acceptors (Lipinski definition) is 4. The molecule has 144 valence electrons. The number of carbonyl (C=O) groups excluding carboxylic acids is 1. The van der Waals surface area contributed by atoms with Gasteiger partial charge in [0.25, 0.3) is 0 Å². The number of nitrogens with zero attached hydrogens (tertiary/aromatic N) is 2. The molecule has 0 saturated heterocycles. The van der Waals surface area contributed by atoms with Crippen LogP contribution in [0.25, 0.3) is 0 Å². The minimum absolute atomic E-state index is 0.00471. The zero-order chi connectivity index (χ0) is 19.4. The van der Waals surface area contributed by atoms with Gasteiger partial charge < -0.3 is 19.3 Å². The molecule has 0 fully saturated rings. The fraction of sp³-hybridized carbons (Fsp3) is 0.409. The lowest BCUT2D eigenvalue weighted by atomic mass is 10.1. The highest BCUT2D eigenvalue weighted by molar-refractivity contribution is 5.80. The molecule has 1 atom stereocenters. The molecule has 0 N–H and O–H groups in total. The van der Waals surface area contributed by atoms with Crippen LogP contribution in [0.5, 0.6) is 11.5 Å². The number of hydrogen-bond donors (Lipinski definition) is 0. The summed E-state index contributed by atoms with van der Waals surface area (Å²) in [6, 6.07) is 13.9. The van der Waals surface area contributed by atoms with Crippen molar-refractivity contribution in [2.45, 2.75) is 25.9 Å². The molecule has 27 heavy (non-hydrogen) atoms. The number of fused-ring (bicyclic) bond motifs is 1. The Bertz CT molecular complexity index is 804. The third-order valence-electron chi connectivity index (χ3n) is 4.86. The van der Waals surface area contributed by atoms with E-state index in [0.29, 0.717) is 19.6 Å². The highest BCUT2D eigenvalue weighted by atomic mass is 16.5. The smallest absolute Gasteiger partial charge is 0.227 e. The fourth-order valence-corrected chi connectivity index (χ4v) is 3.54. The summed E-state index contributed by atoms with van der Waals surface area (Å²) in [6.07, 6.45) is 0.315. The van der Waals surface area contributed by atoms with Gasteiger partial charge in [0.2, 0.25) is 5.91 Å². The average Bonchev–Trinajstić information content (AvgIpc) is 2.81. The second kappa shape index (κ2) is 8.44. The molecular weight excluding hydrogens is 340 g/mol. The van der Waals surface area contributed by atoms with Gasteiger partial charge in [-0.1, -0.05) is 35.9 Å². The van der Waals surface area contributed by atoms with E-state index < -0.39 is 0 Å². The van der Waals surface area contributed by atoms with Crippen LogP contribution in [0.15, 0.2) is 42.5 Å². The van der Waals surface area contributed by atoms with Gasteiger partial charge in [0, 0.05) is 24.2 Å². The molecule has 0 radical (unpaired) electrons. The maximum atomic E-state index is 13.3. The topological polar surface area (TPSA) is 42.0 Å². The van der Waals surface area contributed by atoms with E-state index in [1.54, 1.807) is 7.11 Å². The molecule has 1 aliphatic heterocycles. The van der Waals surface area contributed by atoms with Crippen LogP contribution >= 0.6 is 0 Å². The van der Waals surface area contributed by atoms with Gasteiger partial charge in [0.05, 0.1) is 19.6 Å². The second-order valence-electron chi connectivity index (χ2n) is 7.35. The summed E-state index contributed by atoms with van der Waals surface area (Å²) in [6.45, 7) is 3.86. The third-order valence-corrected chi connectivity index (χ3v) is 4.86. The molecule has 2 aromatic rings. The molecule has 0 aromatic heterocycles. The highest BCUT2D eigenvalue weighted by Gasteiger charge is 2.29. The van der Waals surface area contributed by atoms with Crippen molar-refractivity contribution >= 4 is 5.91 Å². The number of likely N-dealkylation sites (N-methyl/N-ethyl adjacent to an activating group) is 1. The van der Waals surface area contributed by atoms with Crippen LogP contribution in [-0.2, 0) is 17.8 Å². The Morgan fingerprint density at radius 3 is 2.78 bits per heavy atom. The van der Waals surface area contributed by atoms with Gasteiger partial charge in [-0.2, -0.15) is 0 Å². The molecule has 1 unspecified atom stereocenters. The van der Waals surface area contributed by atoms with Gasteiger partial charge in [-0.05, 0) is 33.2 Å². The number of amides is 1. The van der Waals surface area contributed by atoms with Crippen LogP contribution < -0.4 is 9.47 Å². The van der Waals surface area contributed by atoms with Crippen molar-refractivity contribution < 1.29 is 14.3 Å². The van der Waals surface area contributed by atoms with Crippen molar-refractivity contribution in [3.63, 3.8) is 0 Å². The minimum atomic E-state index is -0.00471. The number of rotatable bonds is 5. The highest BCUT2D eigenvalue weighted by Crippen LogP contribution is 2.27. The summed E-state index contributed by atoms with van der Waals surface area (Å²) in [5, 5.41) is 0. The summed E-state index contributed by atoms with van der Waals surface area (Å²) in [5.74, 6) is 1.71. The predicted octanol–water partition coefficient (Wildman–Crippen LogP) is 2.90. The van der Waals surface area contributed by atoms with E-state index in [2.05, 4.69) is 17.9 Å². The largest absolute Gasteiger partial charge is 0.496 e. The first-order chi connectivity index (χ1) is 13.0. The summed E-state index contributed by atoms with van der Waals surface area (Å²) >= 11 is 0. The van der Waals surface area contributed by atoms with E-state index >= 15 is 0 Å². The Balaban J connectivity index is 1.88. The third kappa shape index (κ3) is 4.61. The quantitative estimate of drug-likeness (QED) is 0.814. The van der Waals surface area contributed by atoms with E-state index in [9.17, 15) is 4.79 Å². The molecule has 3 rings (SSSR count). The van der Waals surface area contributed by atoms with Crippen molar-refractivity contribution in [3.05, 3.63) is 59.2 Å². The predicted molar refractivity (Wildman–Crippen MR) is 106 cm³/mol. The lowest BCUT2D eigenvalue weighted by Crippen LogP contribution is -2.47. The SMILES string of the molecule is COc1ccccc1CC(=O)N1Cc2cc(C)ccc2OCC1CN(C)C. The normalized spacial score (nSPS) is 16.5. The van der Waals surface area contributed by atoms with Crippen molar-refractivity contribution in [3.8, 4) is 11.5 Å². The maximum absolute atomic E-state index is 13.3. The van der Waals surface area contributed by atoms with Crippen molar-refractivity contribution in [1.82, 2.24) is 9.80 Å². The number of carbonyl (C=O) groups is 1. The zero-order valence-electron chi connectivity index (χ0n) is 16.6. The molecule has 1 amide bonds. The number of ether oxygens (including phenoxy) is 2. The Hall–Kier alpha value is -2.53. The molecule has 5 nitrogen and oxygen atoms in total. The van der Waals surface area contributed by atoms with Gasteiger partial charge in [-0.15, -0.1) is 0 Å². The Labute approximate surface area is 161 Å². The summed E-state index contributed by atoms with van der Waals surface area (Å²) in [4.78, 5) is 17.3. The number of aryl methyl sites for hydroxylation is 1.